The Labute approximate surface area is 126 Å². The van der Waals surface area contributed by atoms with Crippen LogP contribution in [0.25, 0.3) is 0 Å². The molecule has 7 nitrogen and oxygen atoms in total. The number of β-lactam (4-membered cyclic amide) rings is 1. The number of carbonyl (C=O) groups excluding carboxylic acids is 1. The molecule has 3 N–H and O–H groups in total. The summed E-state index contributed by atoms with van der Waals surface area (Å²) in [5.74, 6) is -2.92. The van der Waals surface area contributed by atoms with Crippen molar-refractivity contribution in [1.29, 1.82) is 0 Å². The first kappa shape index (κ1) is 15.8. The van der Waals surface area contributed by atoms with Crippen molar-refractivity contribution in [3.8, 4) is 0 Å². The van der Waals surface area contributed by atoms with Crippen molar-refractivity contribution in [1.82, 2.24) is 10.2 Å². The third kappa shape index (κ3) is 2.91. The Balaban J connectivity index is 2.08. The van der Waals surface area contributed by atoms with Crippen LogP contribution in [0.2, 0.25) is 0 Å². The summed E-state index contributed by atoms with van der Waals surface area (Å²) in [7, 11) is 0. The van der Waals surface area contributed by atoms with E-state index < -0.39 is 18.0 Å². The molecule has 0 radical (unpaired) electrons. The first-order chi connectivity index (χ1) is 9.99. The van der Waals surface area contributed by atoms with Gasteiger partial charge in [-0.25, -0.2) is 9.59 Å². The van der Waals surface area contributed by atoms with E-state index in [-0.39, 0.29) is 28.3 Å². The Kier molecular flexibility index (Phi) is 4.89. The van der Waals surface area contributed by atoms with Gasteiger partial charge < -0.3 is 15.5 Å². The molecule has 0 saturated carbocycles. The molecule has 116 valence electrons. The molecule has 0 spiro atoms. The molecule has 2 aliphatic rings. The van der Waals surface area contributed by atoms with Crippen LogP contribution in [0.4, 0.5) is 0 Å². The topological polar surface area (TPSA) is 107 Å². The van der Waals surface area contributed by atoms with Gasteiger partial charge >= 0.3 is 11.9 Å². The lowest BCUT2D eigenvalue weighted by Gasteiger charge is -2.49. The summed E-state index contributed by atoms with van der Waals surface area (Å²) in [6, 6.07) is -0.420. The number of carboxylic acid groups (broad SMARTS) is 2. The van der Waals surface area contributed by atoms with Crippen molar-refractivity contribution < 1.29 is 24.6 Å². The van der Waals surface area contributed by atoms with Gasteiger partial charge in [0.15, 0.2) is 0 Å². The van der Waals surface area contributed by atoms with Crippen LogP contribution >= 0.6 is 11.8 Å². The van der Waals surface area contributed by atoms with E-state index >= 15 is 0 Å². The van der Waals surface area contributed by atoms with Crippen LogP contribution in [0.3, 0.4) is 0 Å². The Morgan fingerprint density at radius 2 is 2.05 bits per heavy atom. The van der Waals surface area contributed by atoms with Crippen molar-refractivity contribution in [2.45, 2.75) is 37.6 Å². The quantitative estimate of drug-likeness (QED) is 0.463. The number of amides is 1. The fraction of sp³-hybridized carbons (Fsp3) is 0.615. The molecular formula is C13H18N2O5S. The maximum Gasteiger partial charge on any atom is 0.353 e. The van der Waals surface area contributed by atoms with E-state index in [1.165, 1.54) is 11.8 Å². The van der Waals surface area contributed by atoms with Crippen LogP contribution in [0, 0.1) is 0 Å². The molecule has 2 atom stereocenters. The lowest BCUT2D eigenvalue weighted by molar-refractivity contribution is -0.149. The summed E-state index contributed by atoms with van der Waals surface area (Å²) in [6.07, 6.45) is 3.11. The summed E-state index contributed by atoms with van der Waals surface area (Å²) in [5, 5.41) is 21.0. The monoisotopic (exact) mass is 314 g/mol. The Morgan fingerprint density at radius 3 is 2.62 bits per heavy atom. The van der Waals surface area contributed by atoms with Crippen molar-refractivity contribution in [2.75, 3.05) is 12.3 Å². The number of unbranched alkanes of at least 4 members (excludes halogenated alkanes) is 2. The van der Waals surface area contributed by atoms with Crippen LogP contribution < -0.4 is 5.32 Å². The van der Waals surface area contributed by atoms with E-state index in [1.807, 2.05) is 0 Å². The molecule has 0 aromatic heterocycles. The molecule has 2 aliphatic heterocycles. The minimum absolute atomic E-state index is 0.0958. The highest BCUT2D eigenvalue weighted by molar-refractivity contribution is 8.00. The van der Waals surface area contributed by atoms with Crippen LogP contribution in [0.5, 0.6) is 0 Å². The molecule has 1 saturated heterocycles. The second-order valence-corrected chi connectivity index (χ2v) is 6.09. The third-order valence-corrected chi connectivity index (χ3v) is 4.85. The molecule has 21 heavy (non-hydrogen) atoms. The van der Waals surface area contributed by atoms with Crippen molar-refractivity contribution in [3.05, 3.63) is 11.3 Å². The Bertz CT molecular complexity index is 505. The summed E-state index contributed by atoms with van der Waals surface area (Å²) >= 11 is 1.29. The molecule has 2 rings (SSSR count). The number of rotatable bonds is 7. The largest absolute Gasteiger partial charge is 0.478 e. The van der Waals surface area contributed by atoms with Gasteiger partial charge in [-0.3, -0.25) is 9.69 Å². The maximum absolute atomic E-state index is 12.1. The minimum atomic E-state index is -1.37. The van der Waals surface area contributed by atoms with Crippen LogP contribution in [-0.2, 0) is 14.4 Å². The van der Waals surface area contributed by atoms with Crippen molar-refractivity contribution in [3.63, 3.8) is 0 Å². The zero-order valence-corrected chi connectivity index (χ0v) is 12.5. The molecule has 0 aliphatic carbocycles. The molecule has 8 heteroatoms. The number of hydrogen-bond donors (Lipinski definition) is 3. The summed E-state index contributed by atoms with van der Waals surface area (Å²) in [6.45, 7) is 2.79. The second-order valence-electron chi connectivity index (χ2n) is 4.99. The number of fused-ring (bicyclic) bond motifs is 1. The normalized spacial score (nSPS) is 24.6. The fourth-order valence-corrected chi connectivity index (χ4v) is 3.83. The van der Waals surface area contributed by atoms with Gasteiger partial charge in [-0.15, -0.1) is 11.8 Å². The number of hydrogen-bond acceptors (Lipinski definition) is 5. The average molecular weight is 314 g/mol. The van der Waals surface area contributed by atoms with E-state index in [9.17, 15) is 19.5 Å². The molecular weight excluding hydrogens is 296 g/mol. The van der Waals surface area contributed by atoms with Crippen LogP contribution in [0.1, 0.15) is 26.2 Å². The van der Waals surface area contributed by atoms with Crippen molar-refractivity contribution >= 4 is 29.6 Å². The molecule has 0 aromatic carbocycles. The summed E-state index contributed by atoms with van der Waals surface area (Å²) in [4.78, 5) is 35.6. The van der Waals surface area contributed by atoms with Gasteiger partial charge in [0, 0.05) is 5.75 Å². The molecule has 1 fully saturated rings. The minimum Gasteiger partial charge on any atom is -0.478 e. The zero-order chi connectivity index (χ0) is 15.6. The maximum atomic E-state index is 12.1. The smallest absolute Gasteiger partial charge is 0.353 e. The fourth-order valence-electron chi connectivity index (χ4n) is 2.47. The standard InChI is InChI=1S/C13H18N2O5S/c1-2-3-4-5-14-8-10(16)15-9(13(19)20)7(12(17)18)6-21-11(8)15/h8,11,14H,2-6H2,1H3,(H,17,18)(H,19,20)/t8?,11-/m1/s1. The molecule has 1 amide bonds. The highest BCUT2D eigenvalue weighted by Gasteiger charge is 2.54. The first-order valence-corrected chi connectivity index (χ1v) is 7.91. The van der Waals surface area contributed by atoms with E-state index in [1.54, 1.807) is 0 Å². The van der Waals surface area contributed by atoms with Gasteiger partial charge in [0.25, 0.3) is 0 Å². The third-order valence-electron chi connectivity index (χ3n) is 3.57. The van der Waals surface area contributed by atoms with Crippen LogP contribution in [0.15, 0.2) is 11.3 Å². The number of nitrogens with zero attached hydrogens (tertiary/aromatic N) is 1. The van der Waals surface area contributed by atoms with E-state index in [0.29, 0.717) is 6.54 Å². The van der Waals surface area contributed by atoms with Gasteiger partial charge in [-0.05, 0) is 13.0 Å². The second kappa shape index (κ2) is 6.48. The summed E-state index contributed by atoms with van der Waals surface area (Å²) < 4.78 is 0. The average Bonchev–Trinajstić information content (AvgIpc) is 2.44. The highest BCUT2D eigenvalue weighted by Crippen LogP contribution is 2.40. The Hall–Kier alpha value is -1.54. The first-order valence-electron chi connectivity index (χ1n) is 6.86. The van der Waals surface area contributed by atoms with Gasteiger partial charge in [-0.1, -0.05) is 19.8 Å². The van der Waals surface area contributed by atoms with E-state index in [2.05, 4.69) is 12.2 Å². The molecule has 0 aromatic rings. The lowest BCUT2D eigenvalue weighted by atomic mass is 10.0. The van der Waals surface area contributed by atoms with Gasteiger partial charge in [0.1, 0.15) is 17.1 Å². The number of nitrogens with one attached hydrogen (secondary N) is 1. The number of thioether (sulfide) groups is 1. The van der Waals surface area contributed by atoms with E-state index in [4.69, 9.17) is 5.11 Å². The Morgan fingerprint density at radius 1 is 1.33 bits per heavy atom. The van der Waals surface area contributed by atoms with Crippen LogP contribution in [-0.4, -0.2) is 56.7 Å². The lowest BCUT2D eigenvalue weighted by Crippen LogP contribution is -2.70. The van der Waals surface area contributed by atoms with E-state index in [0.717, 1.165) is 24.2 Å². The molecule has 2 heterocycles. The number of carboxylic acids is 2. The van der Waals surface area contributed by atoms with Gasteiger partial charge in [0.2, 0.25) is 5.91 Å². The predicted molar refractivity (Wildman–Crippen MR) is 76.7 cm³/mol. The zero-order valence-electron chi connectivity index (χ0n) is 11.7. The summed E-state index contributed by atoms with van der Waals surface area (Å²) in [5.41, 5.74) is -0.607. The highest BCUT2D eigenvalue weighted by atomic mass is 32.2. The SMILES string of the molecule is CCCCCNC1C(=O)N2C(C(=O)O)=C(C(=O)O)CS[C@H]12. The van der Waals surface area contributed by atoms with Gasteiger partial charge in [-0.2, -0.15) is 0 Å². The number of aliphatic carboxylic acids is 2. The molecule has 1 unspecified atom stereocenters. The van der Waals surface area contributed by atoms with Gasteiger partial charge in [0.05, 0.1) is 5.57 Å². The molecule has 0 bridgehead atoms. The van der Waals surface area contributed by atoms with Crippen molar-refractivity contribution in [2.24, 2.45) is 0 Å². The number of carbonyl (C=O) groups is 3. The predicted octanol–water partition coefficient (Wildman–Crippen LogP) is 0.473.